The minimum atomic E-state index is 0.802. The van der Waals surface area contributed by atoms with E-state index >= 15 is 0 Å². The number of aryl methyl sites for hydroxylation is 1. The van der Waals surface area contributed by atoms with Gasteiger partial charge in [-0.3, -0.25) is 9.58 Å². The fourth-order valence-electron chi connectivity index (χ4n) is 2.64. The van der Waals surface area contributed by atoms with Crippen LogP contribution in [0.25, 0.3) is 0 Å². The molecule has 1 aromatic heterocycles. The highest BCUT2D eigenvalue weighted by molar-refractivity contribution is 5.03. The summed E-state index contributed by atoms with van der Waals surface area (Å²) < 4.78 is 2.00. The van der Waals surface area contributed by atoms with Crippen LogP contribution in [0, 0.1) is 0 Å². The van der Waals surface area contributed by atoms with Crippen LogP contribution < -0.4 is 5.73 Å². The van der Waals surface area contributed by atoms with E-state index in [1.165, 1.54) is 31.6 Å². The van der Waals surface area contributed by atoms with E-state index < -0.39 is 0 Å². The Labute approximate surface area is 116 Å². The van der Waals surface area contributed by atoms with Gasteiger partial charge in [0.05, 0.1) is 6.20 Å². The lowest BCUT2D eigenvalue weighted by Gasteiger charge is -2.21. The first kappa shape index (κ1) is 14.5. The molecule has 1 saturated heterocycles. The van der Waals surface area contributed by atoms with Crippen molar-refractivity contribution in [2.75, 3.05) is 39.3 Å². The van der Waals surface area contributed by atoms with E-state index in [-0.39, 0.29) is 0 Å². The van der Waals surface area contributed by atoms with Crippen molar-refractivity contribution in [1.29, 1.82) is 0 Å². The first-order valence-electron chi connectivity index (χ1n) is 7.48. The third-order valence-electron chi connectivity index (χ3n) is 3.78. The van der Waals surface area contributed by atoms with Crippen molar-refractivity contribution in [2.45, 2.75) is 32.9 Å². The summed E-state index contributed by atoms with van der Waals surface area (Å²) in [5.74, 6) is 0. The molecule has 1 aliphatic rings. The van der Waals surface area contributed by atoms with Gasteiger partial charge in [0.25, 0.3) is 0 Å². The lowest BCUT2D eigenvalue weighted by atomic mass is 10.3. The maximum absolute atomic E-state index is 5.58. The molecule has 0 amide bonds. The molecule has 1 aromatic rings. The largest absolute Gasteiger partial charge is 0.330 e. The van der Waals surface area contributed by atoms with Crippen molar-refractivity contribution in [3.63, 3.8) is 0 Å². The molecular weight excluding hydrogens is 238 g/mol. The second kappa shape index (κ2) is 7.62. The molecule has 5 nitrogen and oxygen atoms in total. The van der Waals surface area contributed by atoms with E-state index in [4.69, 9.17) is 5.73 Å². The van der Waals surface area contributed by atoms with Gasteiger partial charge in [-0.1, -0.05) is 0 Å². The van der Waals surface area contributed by atoms with E-state index in [1.807, 2.05) is 10.9 Å². The fourth-order valence-corrected chi connectivity index (χ4v) is 2.64. The van der Waals surface area contributed by atoms with Crippen LogP contribution in [0.15, 0.2) is 12.4 Å². The van der Waals surface area contributed by atoms with E-state index in [2.05, 4.69) is 28.0 Å². The van der Waals surface area contributed by atoms with Crippen molar-refractivity contribution in [1.82, 2.24) is 19.6 Å². The zero-order valence-electron chi connectivity index (χ0n) is 12.1. The predicted octanol–water partition coefficient (Wildman–Crippen LogP) is 0.760. The third kappa shape index (κ3) is 4.60. The molecular formula is C14H27N5. The molecule has 5 heteroatoms. The van der Waals surface area contributed by atoms with Crippen LogP contribution in [0.2, 0.25) is 0 Å². The number of nitrogens with two attached hydrogens (primary N) is 1. The molecule has 0 unspecified atom stereocenters. The van der Waals surface area contributed by atoms with Gasteiger partial charge in [0.15, 0.2) is 0 Å². The smallest absolute Gasteiger partial charge is 0.0534 e. The van der Waals surface area contributed by atoms with Gasteiger partial charge in [-0.05, 0) is 45.9 Å². The average Bonchev–Trinajstić information content (AvgIpc) is 2.76. The zero-order valence-corrected chi connectivity index (χ0v) is 12.1. The van der Waals surface area contributed by atoms with Crippen LogP contribution >= 0.6 is 0 Å². The standard InChI is InChI=1S/C14H27N5/c1-2-19-13-14(11-16-19)12-18-8-4-7-17(9-10-18)6-3-5-15/h11,13H,2-10,12,15H2,1H3. The molecule has 2 rings (SSSR count). The molecule has 1 fully saturated rings. The maximum atomic E-state index is 5.58. The Morgan fingerprint density at radius 2 is 2.00 bits per heavy atom. The molecule has 108 valence electrons. The highest BCUT2D eigenvalue weighted by atomic mass is 15.3. The molecule has 0 aromatic carbocycles. The SMILES string of the molecule is CCn1cc(CN2CCCN(CCCN)CC2)cn1. The molecule has 0 spiro atoms. The summed E-state index contributed by atoms with van der Waals surface area (Å²) in [4.78, 5) is 5.09. The monoisotopic (exact) mass is 265 g/mol. The first-order chi connectivity index (χ1) is 9.31. The zero-order chi connectivity index (χ0) is 13.5. The van der Waals surface area contributed by atoms with Gasteiger partial charge in [0.2, 0.25) is 0 Å². The minimum absolute atomic E-state index is 0.802. The molecule has 0 bridgehead atoms. The van der Waals surface area contributed by atoms with Crippen LogP contribution in [-0.2, 0) is 13.1 Å². The Morgan fingerprint density at radius 1 is 1.21 bits per heavy atom. The molecule has 0 saturated carbocycles. The Hall–Kier alpha value is -0.910. The van der Waals surface area contributed by atoms with Gasteiger partial charge in [-0.15, -0.1) is 0 Å². The Kier molecular flexibility index (Phi) is 5.82. The van der Waals surface area contributed by atoms with Gasteiger partial charge in [-0.2, -0.15) is 5.10 Å². The van der Waals surface area contributed by atoms with Crippen LogP contribution in [0.5, 0.6) is 0 Å². The lowest BCUT2D eigenvalue weighted by molar-refractivity contribution is 0.251. The average molecular weight is 265 g/mol. The van der Waals surface area contributed by atoms with Gasteiger partial charge >= 0.3 is 0 Å². The van der Waals surface area contributed by atoms with E-state index in [9.17, 15) is 0 Å². The van der Waals surface area contributed by atoms with E-state index in [0.29, 0.717) is 0 Å². The van der Waals surface area contributed by atoms with E-state index in [1.54, 1.807) is 0 Å². The number of rotatable bonds is 6. The number of nitrogens with zero attached hydrogens (tertiary/aromatic N) is 4. The third-order valence-corrected chi connectivity index (χ3v) is 3.78. The first-order valence-corrected chi connectivity index (χ1v) is 7.48. The Balaban J connectivity index is 1.78. The number of hydrogen-bond acceptors (Lipinski definition) is 4. The Bertz CT molecular complexity index is 362. The van der Waals surface area contributed by atoms with E-state index in [0.717, 1.165) is 39.1 Å². The molecule has 2 heterocycles. The van der Waals surface area contributed by atoms with Gasteiger partial charge < -0.3 is 10.6 Å². The van der Waals surface area contributed by atoms with Crippen LogP contribution in [0.4, 0.5) is 0 Å². The molecule has 0 atom stereocenters. The lowest BCUT2D eigenvalue weighted by Crippen LogP contribution is -2.31. The summed E-state index contributed by atoms with van der Waals surface area (Å²) in [5.41, 5.74) is 6.91. The van der Waals surface area contributed by atoms with Crippen LogP contribution in [0.3, 0.4) is 0 Å². The van der Waals surface area contributed by atoms with Crippen molar-refractivity contribution >= 4 is 0 Å². The second-order valence-corrected chi connectivity index (χ2v) is 5.32. The molecule has 0 aliphatic carbocycles. The van der Waals surface area contributed by atoms with Crippen LogP contribution in [-0.4, -0.2) is 58.8 Å². The summed E-state index contributed by atoms with van der Waals surface area (Å²) in [6.45, 7) is 10.8. The fraction of sp³-hybridized carbons (Fsp3) is 0.786. The summed E-state index contributed by atoms with van der Waals surface area (Å²) in [6, 6.07) is 0. The Morgan fingerprint density at radius 3 is 2.74 bits per heavy atom. The normalized spacial score (nSPS) is 18.6. The second-order valence-electron chi connectivity index (χ2n) is 5.32. The minimum Gasteiger partial charge on any atom is -0.330 e. The van der Waals surface area contributed by atoms with Gasteiger partial charge in [0, 0.05) is 37.9 Å². The number of hydrogen-bond donors (Lipinski definition) is 1. The molecule has 2 N–H and O–H groups in total. The quantitative estimate of drug-likeness (QED) is 0.825. The van der Waals surface area contributed by atoms with Crippen molar-refractivity contribution in [2.24, 2.45) is 5.73 Å². The predicted molar refractivity (Wildman–Crippen MR) is 77.9 cm³/mol. The molecule has 19 heavy (non-hydrogen) atoms. The maximum Gasteiger partial charge on any atom is 0.0534 e. The topological polar surface area (TPSA) is 50.3 Å². The van der Waals surface area contributed by atoms with Crippen molar-refractivity contribution in [3.8, 4) is 0 Å². The highest BCUT2D eigenvalue weighted by Gasteiger charge is 2.14. The van der Waals surface area contributed by atoms with Gasteiger partial charge in [0.1, 0.15) is 0 Å². The van der Waals surface area contributed by atoms with Gasteiger partial charge in [-0.25, -0.2) is 0 Å². The van der Waals surface area contributed by atoms with Crippen molar-refractivity contribution < 1.29 is 0 Å². The van der Waals surface area contributed by atoms with Crippen molar-refractivity contribution in [3.05, 3.63) is 18.0 Å². The molecule has 0 radical (unpaired) electrons. The summed E-state index contributed by atoms with van der Waals surface area (Å²) in [7, 11) is 0. The molecule has 1 aliphatic heterocycles. The summed E-state index contributed by atoms with van der Waals surface area (Å²) in [6.07, 6.45) is 6.54. The number of aromatic nitrogens is 2. The summed E-state index contributed by atoms with van der Waals surface area (Å²) >= 11 is 0. The summed E-state index contributed by atoms with van der Waals surface area (Å²) in [5, 5.41) is 4.34. The van der Waals surface area contributed by atoms with Crippen LogP contribution in [0.1, 0.15) is 25.3 Å². The highest BCUT2D eigenvalue weighted by Crippen LogP contribution is 2.08.